The van der Waals surface area contributed by atoms with E-state index in [1.165, 1.54) is 25.2 Å². The van der Waals surface area contributed by atoms with Crippen molar-refractivity contribution in [1.29, 1.82) is 0 Å². The maximum Gasteiger partial charge on any atom is 0.471 e. The minimum Gasteiger partial charge on any atom is -0.346 e. The predicted octanol–water partition coefficient (Wildman–Crippen LogP) is 5.36. The number of hydrogen-bond donors (Lipinski definition) is 2. The van der Waals surface area contributed by atoms with Gasteiger partial charge in [0.15, 0.2) is 0 Å². The predicted molar refractivity (Wildman–Crippen MR) is 180 cm³/mol. The first-order chi connectivity index (χ1) is 23.1. The van der Waals surface area contributed by atoms with Gasteiger partial charge in [-0.3, -0.25) is 19.2 Å². The summed E-state index contributed by atoms with van der Waals surface area (Å²) in [5, 5.41) is 5.98. The lowest BCUT2D eigenvalue weighted by Gasteiger charge is -2.48. The van der Waals surface area contributed by atoms with E-state index in [0.29, 0.717) is 42.9 Å². The molecule has 0 aromatic heterocycles. The number of nitrogens with zero attached hydrogens (tertiary/aromatic N) is 3. The molecule has 9 nitrogen and oxygen atoms in total. The first-order valence-electron chi connectivity index (χ1n) is 15.7. The Kier molecular flexibility index (Phi) is 10.6. The highest BCUT2D eigenvalue weighted by atomic mass is 35.5. The largest absolute Gasteiger partial charge is 0.471 e. The van der Waals surface area contributed by atoms with Crippen molar-refractivity contribution in [3.8, 4) is 0 Å². The number of likely N-dealkylation sites (N-methyl/N-ethyl adjacent to an activating group) is 2. The summed E-state index contributed by atoms with van der Waals surface area (Å²) in [6, 6.07) is 20.5. The SMILES string of the molecule is CN(C[C@](CCN1CCC2(CC1)NC(=O)Cc1ccccc12)(c1ccc(Cl)c(Cl)c1)N(C)C(=O)C(=O)Nc1ccccc1)C(=O)C(F)(F)F. The zero-order valence-corrected chi connectivity index (χ0v) is 28.5. The van der Waals surface area contributed by atoms with Gasteiger partial charge in [-0.15, -0.1) is 0 Å². The van der Waals surface area contributed by atoms with Crippen molar-refractivity contribution in [3.05, 3.63) is 99.5 Å². The summed E-state index contributed by atoms with van der Waals surface area (Å²) in [5.41, 5.74) is 0.457. The Hall–Kier alpha value is -4.13. The molecule has 2 aliphatic heterocycles. The molecule has 14 heteroatoms. The van der Waals surface area contributed by atoms with E-state index < -0.39 is 41.5 Å². The molecule has 4 amide bonds. The highest BCUT2D eigenvalue weighted by Gasteiger charge is 2.48. The summed E-state index contributed by atoms with van der Waals surface area (Å²) >= 11 is 12.6. The average Bonchev–Trinajstić information content (AvgIpc) is 3.07. The Morgan fingerprint density at radius 3 is 2.24 bits per heavy atom. The molecule has 49 heavy (non-hydrogen) atoms. The van der Waals surface area contributed by atoms with Crippen LogP contribution in [0.25, 0.3) is 0 Å². The average molecular weight is 719 g/mol. The van der Waals surface area contributed by atoms with Crippen LogP contribution in [-0.2, 0) is 36.7 Å². The van der Waals surface area contributed by atoms with Gasteiger partial charge in [-0.25, -0.2) is 0 Å². The van der Waals surface area contributed by atoms with E-state index in [1.54, 1.807) is 30.3 Å². The molecule has 0 aliphatic carbocycles. The summed E-state index contributed by atoms with van der Waals surface area (Å²) in [6.45, 7) is 0.689. The van der Waals surface area contributed by atoms with E-state index in [1.807, 2.05) is 24.3 Å². The molecular formula is C35H36Cl2F3N5O4. The third-order valence-electron chi connectivity index (χ3n) is 9.53. The minimum absolute atomic E-state index is 0.0112. The number of carbonyl (C=O) groups is 4. The van der Waals surface area contributed by atoms with Crippen molar-refractivity contribution >= 4 is 52.5 Å². The number of carbonyl (C=O) groups excluding carboxylic acids is 4. The lowest BCUT2D eigenvalue weighted by molar-refractivity contribution is -0.186. The second-order valence-electron chi connectivity index (χ2n) is 12.6. The van der Waals surface area contributed by atoms with Gasteiger partial charge < -0.3 is 25.3 Å². The number of fused-ring (bicyclic) bond motifs is 2. The van der Waals surface area contributed by atoms with E-state index in [-0.39, 0.29) is 34.5 Å². The summed E-state index contributed by atoms with van der Waals surface area (Å²) in [5.74, 6) is -4.23. The lowest BCUT2D eigenvalue weighted by Crippen LogP contribution is -2.59. The Labute approximate surface area is 292 Å². The Morgan fingerprint density at radius 1 is 0.939 bits per heavy atom. The number of rotatable bonds is 8. The van der Waals surface area contributed by atoms with Crippen LogP contribution in [0.2, 0.25) is 10.0 Å². The van der Waals surface area contributed by atoms with Crippen LogP contribution >= 0.6 is 23.2 Å². The van der Waals surface area contributed by atoms with E-state index in [0.717, 1.165) is 23.1 Å². The van der Waals surface area contributed by atoms with Gasteiger partial charge >= 0.3 is 23.9 Å². The summed E-state index contributed by atoms with van der Waals surface area (Å²) in [6.07, 6.45) is -3.72. The van der Waals surface area contributed by atoms with Crippen LogP contribution in [0, 0.1) is 0 Å². The highest BCUT2D eigenvalue weighted by molar-refractivity contribution is 6.42. The maximum atomic E-state index is 13.8. The van der Waals surface area contributed by atoms with Crippen molar-refractivity contribution in [1.82, 2.24) is 20.0 Å². The molecule has 1 saturated heterocycles. The molecule has 1 fully saturated rings. The third kappa shape index (κ3) is 7.71. The number of nitrogens with one attached hydrogen (secondary N) is 2. The van der Waals surface area contributed by atoms with Crippen LogP contribution in [0.1, 0.15) is 36.0 Å². The van der Waals surface area contributed by atoms with Gasteiger partial charge in [0, 0.05) is 46.0 Å². The fraction of sp³-hybridized carbons (Fsp3) is 0.371. The second kappa shape index (κ2) is 14.4. The standard InChI is InChI=1S/C35H36Cl2F3N5O4/c1-43(32(49)35(38,39)40)22-34(24-12-13-27(36)28(37)21-24,44(2)31(48)30(47)41-25-9-4-3-5-10-25)16-19-45-17-14-33(15-18-45)26-11-7-6-8-23(26)20-29(46)42-33/h3-13,21H,14-20,22H2,1-2H3,(H,41,47)(H,42,46)/t34-/m1/s1. The summed E-state index contributed by atoms with van der Waals surface area (Å²) in [7, 11) is 2.32. The number of halogens is 5. The van der Waals surface area contributed by atoms with Crippen LogP contribution < -0.4 is 10.6 Å². The number of anilines is 1. The molecule has 3 aromatic rings. The number of likely N-dealkylation sites (tertiary alicyclic amines) is 1. The fourth-order valence-corrected chi connectivity index (χ4v) is 7.19. The monoisotopic (exact) mass is 717 g/mol. The topological polar surface area (TPSA) is 102 Å². The molecule has 0 radical (unpaired) electrons. The number of hydrogen-bond acceptors (Lipinski definition) is 5. The van der Waals surface area contributed by atoms with Gasteiger partial charge in [-0.05, 0) is 60.2 Å². The van der Waals surface area contributed by atoms with E-state index in [2.05, 4.69) is 15.5 Å². The van der Waals surface area contributed by atoms with Crippen LogP contribution in [0.3, 0.4) is 0 Å². The number of para-hydroxylation sites is 1. The van der Waals surface area contributed by atoms with Crippen LogP contribution in [-0.4, -0.2) is 84.8 Å². The molecule has 0 bridgehead atoms. The Balaban J connectivity index is 1.48. The molecule has 260 valence electrons. The molecule has 1 atom stereocenters. The van der Waals surface area contributed by atoms with E-state index in [9.17, 15) is 32.3 Å². The first-order valence-corrected chi connectivity index (χ1v) is 16.4. The van der Waals surface area contributed by atoms with Crippen molar-refractivity contribution < 1.29 is 32.3 Å². The fourth-order valence-electron chi connectivity index (χ4n) is 6.89. The van der Waals surface area contributed by atoms with Crippen LogP contribution in [0.15, 0.2) is 72.8 Å². The molecular weight excluding hydrogens is 682 g/mol. The quantitative estimate of drug-likeness (QED) is 0.306. The highest BCUT2D eigenvalue weighted by Crippen LogP contribution is 2.40. The van der Waals surface area contributed by atoms with Gasteiger partial charge in [-0.1, -0.05) is 71.7 Å². The minimum atomic E-state index is -5.19. The number of piperidine rings is 1. The number of benzene rings is 3. The second-order valence-corrected chi connectivity index (χ2v) is 13.4. The molecule has 2 aliphatic rings. The van der Waals surface area contributed by atoms with Gasteiger partial charge in [0.2, 0.25) is 5.91 Å². The normalized spacial score (nSPS) is 17.0. The van der Waals surface area contributed by atoms with Crippen LogP contribution in [0.5, 0.6) is 0 Å². The van der Waals surface area contributed by atoms with E-state index in [4.69, 9.17) is 23.2 Å². The zero-order chi connectivity index (χ0) is 35.6. The summed E-state index contributed by atoms with van der Waals surface area (Å²) in [4.78, 5) is 55.9. The molecule has 1 spiro atoms. The first kappa shape index (κ1) is 36.2. The number of amides is 4. The van der Waals surface area contributed by atoms with Crippen molar-refractivity contribution in [2.45, 2.75) is 42.9 Å². The van der Waals surface area contributed by atoms with E-state index >= 15 is 0 Å². The van der Waals surface area contributed by atoms with Gasteiger partial charge in [0.1, 0.15) is 0 Å². The van der Waals surface area contributed by atoms with Crippen molar-refractivity contribution in [2.24, 2.45) is 0 Å². The molecule has 0 unspecified atom stereocenters. The Bertz CT molecular complexity index is 1730. The van der Waals surface area contributed by atoms with Crippen LogP contribution in [0.4, 0.5) is 18.9 Å². The van der Waals surface area contributed by atoms with Gasteiger partial charge in [-0.2, -0.15) is 13.2 Å². The number of alkyl halides is 3. The molecule has 5 rings (SSSR count). The zero-order valence-electron chi connectivity index (χ0n) is 26.9. The summed E-state index contributed by atoms with van der Waals surface area (Å²) < 4.78 is 41.1. The maximum absolute atomic E-state index is 13.8. The van der Waals surface area contributed by atoms with Crippen molar-refractivity contribution in [3.63, 3.8) is 0 Å². The molecule has 2 N–H and O–H groups in total. The third-order valence-corrected chi connectivity index (χ3v) is 10.3. The smallest absolute Gasteiger partial charge is 0.346 e. The van der Waals surface area contributed by atoms with Crippen molar-refractivity contribution in [2.75, 3.05) is 45.6 Å². The lowest BCUT2D eigenvalue weighted by atomic mass is 9.75. The molecule has 2 heterocycles. The Morgan fingerprint density at radius 2 is 1.59 bits per heavy atom. The molecule has 0 saturated carbocycles. The van der Waals surface area contributed by atoms with Gasteiger partial charge in [0.05, 0.1) is 27.5 Å². The van der Waals surface area contributed by atoms with Gasteiger partial charge in [0.25, 0.3) is 0 Å². The molecule has 3 aromatic carbocycles.